The van der Waals surface area contributed by atoms with E-state index in [9.17, 15) is 4.79 Å². The molecule has 5 nitrogen and oxygen atoms in total. The van der Waals surface area contributed by atoms with Gasteiger partial charge < -0.3 is 5.32 Å². The molecule has 0 radical (unpaired) electrons. The van der Waals surface area contributed by atoms with Crippen molar-refractivity contribution in [3.8, 4) is 0 Å². The zero-order chi connectivity index (χ0) is 11.4. The summed E-state index contributed by atoms with van der Waals surface area (Å²) < 4.78 is 0.900. The molecule has 0 bridgehead atoms. The summed E-state index contributed by atoms with van der Waals surface area (Å²) in [6, 6.07) is -0.0637. The topological polar surface area (TPSA) is 66.9 Å². The molecular formula is C9H14N4OS2. The van der Waals surface area contributed by atoms with E-state index < -0.39 is 0 Å². The molecule has 1 unspecified atom stereocenters. The molecule has 1 amide bonds. The Morgan fingerprint density at radius 3 is 3.25 bits per heavy atom. The van der Waals surface area contributed by atoms with Crippen molar-refractivity contribution in [2.75, 3.05) is 17.6 Å². The highest BCUT2D eigenvalue weighted by atomic mass is 32.2. The molecule has 2 rings (SSSR count). The highest BCUT2D eigenvalue weighted by Crippen LogP contribution is 2.25. The lowest BCUT2D eigenvalue weighted by Gasteiger charge is -2.07. The van der Waals surface area contributed by atoms with Crippen LogP contribution in [0.4, 0.5) is 5.13 Å². The van der Waals surface area contributed by atoms with Crippen LogP contribution < -0.4 is 10.6 Å². The molecule has 1 saturated heterocycles. The average Bonchev–Trinajstić information content (AvgIpc) is 2.89. The van der Waals surface area contributed by atoms with Gasteiger partial charge in [-0.2, -0.15) is 0 Å². The summed E-state index contributed by atoms with van der Waals surface area (Å²) in [6.45, 7) is 2.98. The van der Waals surface area contributed by atoms with E-state index in [2.05, 4.69) is 27.8 Å². The number of amides is 1. The van der Waals surface area contributed by atoms with Gasteiger partial charge in [-0.25, -0.2) is 0 Å². The van der Waals surface area contributed by atoms with Crippen LogP contribution in [0.15, 0.2) is 4.34 Å². The van der Waals surface area contributed by atoms with Gasteiger partial charge in [0.1, 0.15) is 0 Å². The summed E-state index contributed by atoms with van der Waals surface area (Å²) in [7, 11) is 0. The second-order valence-electron chi connectivity index (χ2n) is 3.44. The lowest BCUT2D eigenvalue weighted by Crippen LogP contribution is -2.35. The molecule has 2 heterocycles. The summed E-state index contributed by atoms with van der Waals surface area (Å²) >= 11 is 3.06. The van der Waals surface area contributed by atoms with E-state index in [1.165, 1.54) is 11.3 Å². The number of nitrogens with zero attached hydrogens (tertiary/aromatic N) is 2. The summed E-state index contributed by atoms with van der Waals surface area (Å²) in [5.74, 6) is 0.967. The third kappa shape index (κ3) is 2.93. The Hall–Kier alpha value is -0.660. The van der Waals surface area contributed by atoms with Crippen LogP contribution >= 0.6 is 23.1 Å². The van der Waals surface area contributed by atoms with Gasteiger partial charge >= 0.3 is 0 Å². The first-order valence-corrected chi connectivity index (χ1v) is 7.10. The molecule has 7 heteroatoms. The van der Waals surface area contributed by atoms with Gasteiger partial charge in [-0.15, -0.1) is 10.2 Å². The normalized spacial score (nSPS) is 19.9. The number of hydrogen-bond acceptors (Lipinski definition) is 6. The molecule has 0 saturated carbocycles. The summed E-state index contributed by atoms with van der Waals surface area (Å²) in [4.78, 5) is 11.7. The Balaban J connectivity index is 1.89. The number of thioether (sulfide) groups is 1. The number of aromatic nitrogens is 2. The quantitative estimate of drug-likeness (QED) is 0.630. The van der Waals surface area contributed by atoms with E-state index in [-0.39, 0.29) is 11.9 Å². The molecule has 0 aromatic carbocycles. The minimum Gasteiger partial charge on any atom is -0.306 e. The molecule has 1 fully saturated rings. The van der Waals surface area contributed by atoms with Gasteiger partial charge in [-0.05, 0) is 25.1 Å². The van der Waals surface area contributed by atoms with Crippen LogP contribution in [-0.4, -0.2) is 34.4 Å². The summed E-state index contributed by atoms with van der Waals surface area (Å²) in [6.07, 6.45) is 1.96. The molecule has 2 N–H and O–H groups in total. The van der Waals surface area contributed by atoms with Crippen molar-refractivity contribution in [1.29, 1.82) is 0 Å². The Labute approximate surface area is 102 Å². The van der Waals surface area contributed by atoms with E-state index in [1.807, 2.05) is 0 Å². The van der Waals surface area contributed by atoms with Crippen molar-refractivity contribution in [2.24, 2.45) is 0 Å². The van der Waals surface area contributed by atoms with Gasteiger partial charge in [0.05, 0.1) is 6.04 Å². The van der Waals surface area contributed by atoms with Crippen molar-refractivity contribution >= 4 is 34.1 Å². The fraction of sp³-hybridized carbons (Fsp3) is 0.667. The van der Waals surface area contributed by atoms with Crippen LogP contribution in [0.2, 0.25) is 0 Å². The van der Waals surface area contributed by atoms with Crippen LogP contribution in [-0.2, 0) is 4.79 Å². The van der Waals surface area contributed by atoms with Crippen LogP contribution in [0.1, 0.15) is 19.8 Å². The average molecular weight is 258 g/mol. The number of carbonyl (C=O) groups excluding carboxylic acids is 1. The van der Waals surface area contributed by atoms with Crippen molar-refractivity contribution in [2.45, 2.75) is 30.1 Å². The van der Waals surface area contributed by atoms with E-state index >= 15 is 0 Å². The van der Waals surface area contributed by atoms with Crippen molar-refractivity contribution in [1.82, 2.24) is 15.5 Å². The van der Waals surface area contributed by atoms with Gasteiger partial charge in [-0.3, -0.25) is 10.1 Å². The van der Waals surface area contributed by atoms with Crippen LogP contribution in [0, 0.1) is 0 Å². The largest absolute Gasteiger partial charge is 0.306 e. The number of anilines is 1. The monoisotopic (exact) mass is 258 g/mol. The first-order chi connectivity index (χ1) is 7.79. The summed E-state index contributed by atoms with van der Waals surface area (Å²) in [5, 5.41) is 14.4. The Morgan fingerprint density at radius 2 is 2.56 bits per heavy atom. The molecule has 16 heavy (non-hydrogen) atoms. The minimum absolute atomic E-state index is 0.00157. The molecule has 1 aliphatic heterocycles. The maximum absolute atomic E-state index is 11.7. The second-order valence-corrected chi connectivity index (χ2v) is 5.93. The first kappa shape index (κ1) is 11.8. The Kier molecular flexibility index (Phi) is 4.14. The lowest BCUT2D eigenvalue weighted by molar-refractivity contribution is -0.117. The zero-order valence-corrected chi connectivity index (χ0v) is 10.7. The molecule has 1 aromatic rings. The van der Waals surface area contributed by atoms with E-state index in [0.29, 0.717) is 5.13 Å². The molecule has 1 aromatic heterocycles. The molecular weight excluding hydrogens is 244 g/mol. The third-order valence-electron chi connectivity index (χ3n) is 2.28. The standard InChI is InChI=1S/C9H14N4OS2/c1-2-15-9-13-12-8(16-9)11-7(14)6-4-3-5-10-6/h6,10H,2-5H2,1H3,(H,11,12,14). The number of carbonyl (C=O) groups is 1. The fourth-order valence-electron chi connectivity index (χ4n) is 1.54. The molecule has 88 valence electrons. The highest BCUT2D eigenvalue weighted by molar-refractivity contribution is 8.01. The summed E-state index contributed by atoms with van der Waals surface area (Å²) in [5.41, 5.74) is 0. The number of rotatable bonds is 4. The van der Waals surface area contributed by atoms with Crippen LogP contribution in [0.3, 0.4) is 0 Å². The predicted molar refractivity (Wildman–Crippen MR) is 66.0 cm³/mol. The van der Waals surface area contributed by atoms with Crippen molar-refractivity contribution in [3.63, 3.8) is 0 Å². The molecule has 0 spiro atoms. The maximum Gasteiger partial charge on any atom is 0.243 e. The van der Waals surface area contributed by atoms with E-state index in [4.69, 9.17) is 0 Å². The number of nitrogens with one attached hydrogen (secondary N) is 2. The maximum atomic E-state index is 11.7. The molecule has 1 aliphatic rings. The van der Waals surface area contributed by atoms with Crippen LogP contribution in [0.25, 0.3) is 0 Å². The predicted octanol–water partition coefficient (Wildman–Crippen LogP) is 1.34. The van der Waals surface area contributed by atoms with E-state index in [0.717, 1.165) is 29.5 Å². The Bertz CT molecular complexity index is 362. The zero-order valence-electron chi connectivity index (χ0n) is 9.02. The third-order valence-corrected chi connectivity index (χ3v) is 4.14. The van der Waals surface area contributed by atoms with Gasteiger partial charge in [-0.1, -0.05) is 30.0 Å². The lowest BCUT2D eigenvalue weighted by atomic mass is 10.2. The first-order valence-electron chi connectivity index (χ1n) is 5.30. The smallest absolute Gasteiger partial charge is 0.243 e. The SMILES string of the molecule is CCSc1nnc(NC(=O)C2CCCN2)s1. The fourth-order valence-corrected chi connectivity index (χ4v) is 3.19. The van der Waals surface area contributed by atoms with Gasteiger partial charge in [0.25, 0.3) is 0 Å². The minimum atomic E-state index is -0.0637. The van der Waals surface area contributed by atoms with Crippen molar-refractivity contribution in [3.05, 3.63) is 0 Å². The van der Waals surface area contributed by atoms with Gasteiger partial charge in [0.15, 0.2) is 4.34 Å². The number of hydrogen-bond donors (Lipinski definition) is 2. The second kappa shape index (κ2) is 5.60. The van der Waals surface area contributed by atoms with Crippen molar-refractivity contribution < 1.29 is 4.79 Å². The highest BCUT2D eigenvalue weighted by Gasteiger charge is 2.22. The van der Waals surface area contributed by atoms with Crippen LogP contribution in [0.5, 0.6) is 0 Å². The molecule has 0 aliphatic carbocycles. The molecule has 1 atom stereocenters. The van der Waals surface area contributed by atoms with Gasteiger partial charge in [0.2, 0.25) is 11.0 Å². The Morgan fingerprint density at radius 1 is 1.69 bits per heavy atom. The van der Waals surface area contributed by atoms with E-state index in [1.54, 1.807) is 11.8 Å². The van der Waals surface area contributed by atoms with Gasteiger partial charge in [0, 0.05) is 0 Å².